The number of benzene rings is 1. The lowest BCUT2D eigenvalue weighted by atomic mass is 9.98. The van der Waals surface area contributed by atoms with E-state index < -0.39 is 0 Å². The highest BCUT2D eigenvalue weighted by atomic mass is 16.3. The molecule has 1 N–H and O–H groups in total. The molecule has 0 bridgehead atoms. The van der Waals surface area contributed by atoms with Crippen LogP contribution in [0.1, 0.15) is 43.4 Å². The average molecular weight is 324 g/mol. The van der Waals surface area contributed by atoms with Gasteiger partial charge in [-0.15, -0.1) is 0 Å². The van der Waals surface area contributed by atoms with Crippen LogP contribution in [0.3, 0.4) is 0 Å². The number of nitrogens with zero attached hydrogens (tertiary/aromatic N) is 2. The van der Waals surface area contributed by atoms with Gasteiger partial charge in [0.1, 0.15) is 17.3 Å². The summed E-state index contributed by atoms with van der Waals surface area (Å²) in [6.07, 6.45) is 4.90. The predicted octanol–water partition coefficient (Wildman–Crippen LogP) is 4.22. The van der Waals surface area contributed by atoms with Gasteiger partial charge in [-0.25, -0.2) is 0 Å². The van der Waals surface area contributed by atoms with Gasteiger partial charge in [-0.05, 0) is 55.2 Å². The fourth-order valence-electron chi connectivity index (χ4n) is 2.87. The maximum atomic E-state index is 12.3. The van der Waals surface area contributed by atoms with E-state index in [0.29, 0.717) is 11.5 Å². The fourth-order valence-corrected chi connectivity index (χ4v) is 2.87. The first-order valence-corrected chi connectivity index (χ1v) is 7.85. The largest absolute Gasteiger partial charge is 0.508 e. The number of phenols is 1. The molecule has 24 heavy (non-hydrogen) atoms. The number of aryl methyl sites for hydroxylation is 1. The van der Waals surface area contributed by atoms with Gasteiger partial charge in [-0.3, -0.25) is 9.69 Å². The smallest absolute Gasteiger partial charge is 0.295 e. The van der Waals surface area contributed by atoms with Crippen LogP contribution in [0, 0.1) is 6.92 Å². The van der Waals surface area contributed by atoms with E-state index in [1.165, 1.54) is 0 Å². The van der Waals surface area contributed by atoms with Crippen LogP contribution in [-0.2, 0) is 4.79 Å². The monoisotopic (exact) mass is 324 g/mol. The average Bonchev–Trinajstić information content (AvgIpc) is 3.09. The summed E-state index contributed by atoms with van der Waals surface area (Å²) in [5.41, 5.74) is 3.83. The summed E-state index contributed by atoms with van der Waals surface area (Å²) in [4.78, 5) is 18.2. The number of carbonyl (C=O) groups excluding carboxylic acids is 1. The number of rotatable bonds is 3. The number of carbonyl (C=O) groups is 1. The zero-order chi connectivity index (χ0) is 17.4. The van der Waals surface area contributed by atoms with Crippen molar-refractivity contribution in [2.75, 3.05) is 4.90 Å². The van der Waals surface area contributed by atoms with E-state index in [1.54, 1.807) is 37.7 Å². The van der Waals surface area contributed by atoms with Gasteiger partial charge in [0.2, 0.25) is 0 Å². The Bertz CT molecular complexity index is 846. The third-order valence-corrected chi connectivity index (χ3v) is 4.10. The van der Waals surface area contributed by atoms with Gasteiger partial charge < -0.3 is 9.52 Å². The molecule has 5 heteroatoms. The molecule has 124 valence electrons. The molecule has 0 unspecified atom stereocenters. The molecule has 5 nitrogen and oxygen atoms in total. The van der Waals surface area contributed by atoms with Gasteiger partial charge in [-0.1, -0.05) is 13.8 Å². The van der Waals surface area contributed by atoms with Crippen molar-refractivity contribution in [2.24, 2.45) is 4.99 Å². The molecule has 0 saturated heterocycles. The van der Waals surface area contributed by atoms with Crippen molar-refractivity contribution < 1.29 is 14.3 Å². The number of aliphatic imine (C=N–C) groups is 1. The van der Waals surface area contributed by atoms with Crippen molar-refractivity contribution in [2.45, 2.75) is 33.6 Å². The Balaban J connectivity index is 2.14. The summed E-state index contributed by atoms with van der Waals surface area (Å²) in [6, 6.07) is 5.45. The van der Waals surface area contributed by atoms with Gasteiger partial charge in [0.25, 0.3) is 5.91 Å². The number of hydrogen-bond donors (Lipinski definition) is 1. The lowest BCUT2D eigenvalue weighted by Crippen LogP contribution is -2.25. The van der Waals surface area contributed by atoms with Gasteiger partial charge in [0.15, 0.2) is 0 Å². The Kier molecular flexibility index (Phi) is 4.01. The van der Waals surface area contributed by atoms with Crippen molar-refractivity contribution in [1.82, 2.24) is 0 Å². The highest BCUT2D eigenvalue weighted by Crippen LogP contribution is 2.36. The van der Waals surface area contributed by atoms with E-state index in [2.05, 4.69) is 4.99 Å². The number of amidine groups is 1. The van der Waals surface area contributed by atoms with Crippen molar-refractivity contribution in [3.8, 4) is 5.75 Å². The molecular weight excluding hydrogens is 304 g/mol. The van der Waals surface area contributed by atoms with Gasteiger partial charge in [0.05, 0.1) is 18.2 Å². The van der Waals surface area contributed by atoms with E-state index in [4.69, 9.17) is 4.42 Å². The molecule has 0 aliphatic carbocycles. The Hall–Kier alpha value is -2.82. The minimum absolute atomic E-state index is 0.168. The number of amides is 1. The number of furan rings is 1. The van der Waals surface area contributed by atoms with E-state index in [9.17, 15) is 9.90 Å². The zero-order valence-electron chi connectivity index (χ0n) is 14.2. The highest BCUT2D eigenvalue weighted by Gasteiger charge is 2.30. The van der Waals surface area contributed by atoms with Gasteiger partial charge in [0, 0.05) is 5.56 Å². The number of phenolic OH excluding ortho intramolecular Hbond substituents is 1. The minimum Gasteiger partial charge on any atom is -0.508 e. The molecule has 1 aliphatic heterocycles. The third-order valence-electron chi connectivity index (χ3n) is 4.10. The van der Waals surface area contributed by atoms with Crippen LogP contribution in [0.4, 0.5) is 5.69 Å². The molecule has 1 aromatic heterocycles. The first-order chi connectivity index (χ1) is 11.4. The summed E-state index contributed by atoms with van der Waals surface area (Å²) in [5, 5.41) is 10.2. The first-order valence-electron chi connectivity index (χ1n) is 7.85. The van der Waals surface area contributed by atoms with Crippen LogP contribution in [0.25, 0.3) is 6.08 Å². The summed E-state index contributed by atoms with van der Waals surface area (Å²) in [7, 11) is 0. The predicted molar refractivity (Wildman–Crippen MR) is 94.2 cm³/mol. The van der Waals surface area contributed by atoms with Crippen molar-refractivity contribution in [1.29, 1.82) is 0 Å². The van der Waals surface area contributed by atoms with Crippen LogP contribution < -0.4 is 4.90 Å². The van der Waals surface area contributed by atoms with E-state index >= 15 is 0 Å². The molecule has 0 spiro atoms. The topological polar surface area (TPSA) is 66.0 Å². The maximum absolute atomic E-state index is 12.3. The van der Waals surface area contributed by atoms with Crippen molar-refractivity contribution in [3.05, 3.63) is 53.1 Å². The second-order valence-corrected chi connectivity index (χ2v) is 6.24. The molecule has 0 radical (unpaired) electrons. The van der Waals surface area contributed by atoms with Crippen LogP contribution in [0.2, 0.25) is 0 Å². The minimum atomic E-state index is -0.285. The molecular formula is C19H20N2O3. The maximum Gasteiger partial charge on any atom is 0.295 e. The second-order valence-electron chi connectivity index (χ2n) is 6.24. The fraction of sp³-hybridized carbons (Fsp3) is 0.263. The molecule has 0 fully saturated rings. The number of anilines is 1. The number of hydrogen-bond acceptors (Lipinski definition) is 4. The SMILES string of the molecule is CC1=NC(=O)C(=Cc2ccoc2)N1c1cc(C(C)C)c(O)cc1C. The molecule has 2 aromatic rings. The Morgan fingerprint density at radius 3 is 2.67 bits per heavy atom. The molecule has 0 saturated carbocycles. The summed E-state index contributed by atoms with van der Waals surface area (Å²) >= 11 is 0. The normalized spacial score (nSPS) is 16.4. The molecule has 1 aliphatic rings. The van der Waals surface area contributed by atoms with Crippen LogP contribution in [-0.4, -0.2) is 16.8 Å². The van der Waals surface area contributed by atoms with E-state index in [0.717, 1.165) is 22.4 Å². The highest BCUT2D eigenvalue weighted by molar-refractivity contribution is 6.22. The number of aromatic hydroxyl groups is 1. The Labute approximate surface area is 140 Å². The van der Waals surface area contributed by atoms with Crippen LogP contribution in [0.5, 0.6) is 5.75 Å². The summed E-state index contributed by atoms with van der Waals surface area (Å²) < 4.78 is 5.07. The van der Waals surface area contributed by atoms with E-state index in [1.807, 2.05) is 31.7 Å². The second kappa shape index (κ2) is 6.00. The first kappa shape index (κ1) is 16.1. The molecule has 1 aromatic carbocycles. The standard InChI is InChI=1S/C19H20N2O3/c1-11(2)15-9-16(12(3)7-18(15)22)21-13(4)20-19(23)17(21)8-14-5-6-24-10-14/h5-11,22H,1-4H3. The molecule has 0 atom stereocenters. The quantitative estimate of drug-likeness (QED) is 0.858. The van der Waals surface area contributed by atoms with Crippen LogP contribution in [0.15, 0.2) is 45.8 Å². The van der Waals surface area contributed by atoms with Crippen molar-refractivity contribution in [3.63, 3.8) is 0 Å². The molecule has 1 amide bonds. The lowest BCUT2D eigenvalue weighted by Gasteiger charge is -2.23. The van der Waals surface area contributed by atoms with E-state index in [-0.39, 0.29) is 17.6 Å². The summed E-state index contributed by atoms with van der Waals surface area (Å²) in [5.74, 6) is 0.762. The summed E-state index contributed by atoms with van der Waals surface area (Å²) in [6.45, 7) is 7.75. The Morgan fingerprint density at radius 1 is 1.29 bits per heavy atom. The zero-order valence-corrected chi connectivity index (χ0v) is 14.2. The van der Waals surface area contributed by atoms with Gasteiger partial charge in [-0.2, -0.15) is 4.99 Å². The van der Waals surface area contributed by atoms with Gasteiger partial charge >= 0.3 is 0 Å². The molecule has 3 rings (SSSR count). The molecule has 2 heterocycles. The van der Waals surface area contributed by atoms with Crippen molar-refractivity contribution >= 4 is 23.5 Å². The van der Waals surface area contributed by atoms with Crippen LogP contribution >= 0.6 is 0 Å². The third kappa shape index (κ3) is 2.73. The lowest BCUT2D eigenvalue weighted by molar-refractivity contribution is -0.113. The Morgan fingerprint density at radius 2 is 2.04 bits per heavy atom.